The van der Waals surface area contributed by atoms with Gasteiger partial charge >= 0.3 is 0 Å². The molecule has 0 amide bonds. The van der Waals surface area contributed by atoms with Crippen LogP contribution in [0.3, 0.4) is 0 Å². The van der Waals surface area contributed by atoms with E-state index in [1.165, 1.54) is 4.88 Å². The molecule has 0 fully saturated rings. The molecule has 0 aliphatic heterocycles. The average molecular weight is 265 g/mol. The van der Waals surface area contributed by atoms with Crippen LogP contribution in [-0.2, 0) is 13.0 Å². The maximum Gasteiger partial charge on any atom is 0.0960 e. The van der Waals surface area contributed by atoms with Gasteiger partial charge in [-0.1, -0.05) is 6.92 Å². The van der Waals surface area contributed by atoms with Crippen molar-refractivity contribution in [2.24, 2.45) is 0 Å². The van der Waals surface area contributed by atoms with E-state index in [-0.39, 0.29) is 0 Å². The van der Waals surface area contributed by atoms with Gasteiger partial charge in [-0.2, -0.15) is 5.10 Å². The van der Waals surface area contributed by atoms with E-state index in [2.05, 4.69) is 23.9 Å². The summed E-state index contributed by atoms with van der Waals surface area (Å²) in [6.07, 6.45) is 4.76. The fourth-order valence-corrected chi connectivity index (χ4v) is 2.78. The largest absolute Gasteiger partial charge is 0.388 e. The third-order valence-corrected chi connectivity index (χ3v) is 4.03. The minimum Gasteiger partial charge on any atom is -0.388 e. The quantitative estimate of drug-likeness (QED) is 0.904. The van der Waals surface area contributed by atoms with Gasteiger partial charge in [-0.15, -0.1) is 11.3 Å². The van der Waals surface area contributed by atoms with Gasteiger partial charge in [0.1, 0.15) is 0 Å². The van der Waals surface area contributed by atoms with Crippen molar-refractivity contribution in [2.75, 3.05) is 0 Å². The van der Waals surface area contributed by atoms with Gasteiger partial charge in [0.25, 0.3) is 0 Å². The van der Waals surface area contributed by atoms with E-state index in [4.69, 9.17) is 0 Å². The molecule has 98 valence electrons. The molecule has 0 radical (unpaired) electrons. The topological polar surface area (TPSA) is 50.9 Å². The summed E-state index contributed by atoms with van der Waals surface area (Å²) in [6.45, 7) is 7.06. The van der Waals surface area contributed by atoms with Gasteiger partial charge in [0.2, 0.25) is 0 Å². The van der Waals surface area contributed by atoms with E-state index in [1.807, 2.05) is 17.8 Å². The Hall–Kier alpha value is -1.20. The molecule has 0 aliphatic carbocycles. The summed E-state index contributed by atoms with van der Waals surface area (Å²) in [5.41, 5.74) is 1.93. The number of nitrogens with zero attached hydrogens (tertiary/aromatic N) is 3. The van der Waals surface area contributed by atoms with Crippen molar-refractivity contribution in [3.05, 3.63) is 33.5 Å². The average Bonchev–Trinajstić information content (AvgIpc) is 2.88. The van der Waals surface area contributed by atoms with Gasteiger partial charge in [-0.25, -0.2) is 4.98 Å². The summed E-state index contributed by atoms with van der Waals surface area (Å²) in [5.74, 6) is 0. The summed E-state index contributed by atoms with van der Waals surface area (Å²) in [4.78, 5) is 5.67. The van der Waals surface area contributed by atoms with Crippen molar-refractivity contribution in [2.45, 2.75) is 46.3 Å². The highest BCUT2D eigenvalue weighted by Gasteiger charge is 2.14. The summed E-state index contributed by atoms with van der Waals surface area (Å²) in [6, 6.07) is 0. The minimum atomic E-state index is -0.513. The lowest BCUT2D eigenvalue weighted by molar-refractivity contribution is 0.178. The van der Waals surface area contributed by atoms with E-state index in [0.717, 1.165) is 29.2 Å². The number of hydrogen-bond acceptors (Lipinski definition) is 4. The Morgan fingerprint density at radius 1 is 1.44 bits per heavy atom. The Morgan fingerprint density at radius 3 is 2.83 bits per heavy atom. The number of aliphatic hydroxyl groups is 1. The third kappa shape index (κ3) is 2.97. The Bertz CT molecular complexity index is 499. The number of aromatic nitrogens is 3. The first-order valence-corrected chi connectivity index (χ1v) is 7.05. The standard InChI is InChI=1S/C13H19N3OS/c1-4-5-16-8-11(7-14-16)12(17)6-13-15-9(2)10(3)18-13/h7-8,12,17H,4-6H2,1-3H3. The SMILES string of the molecule is CCCn1cc(C(O)Cc2nc(C)c(C)s2)cn1. The molecule has 18 heavy (non-hydrogen) atoms. The molecule has 0 aromatic carbocycles. The minimum absolute atomic E-state index is 0.513. The summed E-state index contributed by atoms with van der Waals surface area (Å²) in [7, 11) is 0. The maximum atomic E-state index is 10.2. The van der Waals surface area contributed by atoms with Crippen LogP contribution in [0, 0.1) is 13.8 Å². The zero-order valence-corrected chi connectivity index (χ0v) is 11.9. The zero-order chi connectivity index (χ0) is 13.1. The highest BCUT2D eigenvalue weighted by molar-refractivity contribution is 7.11. The van der Waals surface area contributed by atoms with Crippen LogP contribution in [0.15, 0.2) is 12.4 Å². The summed E-state index contributed by atoms with van der Waals surface area (Å²) < 4.78 is 1.87. The van der Waals surface area contributed by atoms with Gasteiger partial charge in [-0.3, -0.25) is 4.68 Å². The lowest BCUT2D eigenvalue weighted by Gasteiger charge is -2.05. The van der Waals surface area contributed by atoms with Gasteiger partial charge in [0.15, 0.2) is 0 Å². The number of rotatable bonds is 5. The van der Waals surface area contributed by atoms with Crippen LogP contribution < -0.4 is 0 Å². The molecule has 0 saturated carbocycles. The molecule has 2 aromatic rings. The predicted octanol–water partition coefficient (Wildman–Crippen LogP) is 2.64. The predicted molar refractivity (Wildman–Crippen MR) is 72.8 cm³/mol. The molecule has 4 nitrogen and oxygen atoms in total. The van der Waals surface area contributed by atoms with Crippen molar-refractivity contribution >= 4 is 11.3 Å². The highest BCUT2D eigenvalue weighted by Crippen LogP contribution is 2.23. The first-order valence-electron chi connectivity index (χ1n) is 6.23. The number of aryl methyl sites for hydroxylation is 3. The fourth-order valence-electron chi connectivity index (χ4n) is 1.81. The van der Waals surface area contributed by atoms with Gasteiger partial charge in [-0.05, 0) is 20.3 Å². The second-order valence-corrected chi connectivity index (χ2v) is 5.79. The fraction of sp³-hybridized carbons (Fsp3) is 0.538. The van der Waals surface area contributed by atoms with Crippen LogP contribution in [0.25, 0.3) is 0 Å². The Labute approximate surface area is 111 Å². The Kier molecular flexibility index (Phi) is 4.14. The van der Waals surface area contributed by atoms with E-state index in [1.54, 1.807) is 17.5 Å². The first kappa shape index (κ1) is 13.2. The molecule has 1 N–H and O–H groups in total. The van der Waals surface area contributed by atoms with Crippen LogP contribution >= 0.6 is 11.3 Å². The monoisotopic (exact) mass is 265 g/mol. The third-order valence-electron chi connectivity index (χ3n) is 2.93. The molecular weight excluding hydrogens is 246 g/mol. The molecule has 1 atom stereocenters. The number of thiazole rings is 1. The van der Waals surface area contributed by atoms with Gasteiger partial charge < -0.3 is 5.11 Å². The van der Waals surface area contributed by atoms with Crippen molar-refractivity contribution in [3.8, 4) is 0 Å². The van der Waals surface area contributed by atoms with Crippen LogP contribution in [0.2, 0.25) is 0 Å². The van der Waals surface area contributed by atoms with Crippen molar-refractivity contribution in [1.82, 2.24) is 14.8 Å². The second-order valence-electron chi connectivity index (χ2n) is 4.51. The lowest BCUT2D eigenvalue weighted by atomic mass is 10.1. The molecule has 2 rings (SSSR count). The molecule has 1 unspecified atom stereocenters. The molecule has 0 saturated heterocycles. The molecule has 0 bridgehead atoms. The van der Waals surface area contributed by atoms with Crippen molar-refractivity contribution < 1.29 is 5.11 Å². The van der Waals surface area contributed by atoms with E-state index in [9.17, 15) is 5.11 Å². The van der Waals surface area contributed by atoms with E-state index < -0.39 is 6.10 Å². The summed E-state index contributed by atoms with van der Waals surface area (Å²) >= 11 is 1.66. The molecule has 0 spiro atoms. The molecule has 2 aromatic heterocycles. The Balaban J connectivity index is 2.04. The van der Waals surface area contributed by atoms with Crippen LogP contribution in [0.1, 0.15) is 40.6 Å². The zero-order valence-electron chi connectivity index (χ0n) is 11.1. The van der Waals surface area contributed by atoms with Crippen LogP contribution in [-0.4, -0.2) is 19.9 Å². The van der Waals surface area contributed by atoms with E-state index in [0.29, 0.717) is 6.42 Å². The summed E-state index contributed by atoms with van der Waals surface area (Å²) in [5, 5.41) is 15.4. The van der Waals surface area contributed by atoms with Crippen molar-refractivity contribution in [3.63, 3.8) is 0 Å². The second kappa shape index (κ2) is 5.63. The molecule has 2 heterocycles. The van der Waals surface area contributed by atoms with Crippen LogP contribution in [0.5, 0.6) is 0 Å². The van der Waals surface area contributed by atoms with E-state index >= 15 is 0 Å². The molecule has 5 heteroatoms. The van der Waals surface area contributed by atoms with Gasteiger partial charge in [0.05, 0.1) is 23.0 Å². The maximum absolute atomic E-state index is 10.2. The van der Waals surface area contributed by atoms with Crippen LogP contribution in [0.4, 0.5) is 0 Å². The number of aliphatic hydroxyl groups excluding tert-OH is 1. The van der Waals surface area contributed by atoms with Crippen molar-refractivity contribution in [1.29, 1.82) is 0 Å². The smallest absolute Gasteiger partial charge is 0.0960 e. The number of hydrogen-bond donors (Lipinski definition) is 1. The lowest BCUT2D eigenvalue weighted by Crippen LogP contribution is -2.01. The highest BCUT2D eigenvalue weighted by atomic mass is 32.1. The Morgan fingerprint density at radius 2 is 2.22 bits per heavy atom. The molecular formula is C13H19N3OS. The van der Waals surface area contributed by atoms with Gasteiger partial charge in [0, 0.05) is 29.6 Å². The normalized spacial score (nSPS) is 12.9. The first-order chi connectivity index (χ1) is 8.60. The molecule has 0 aliphatic rings.